The zero-order valence-corrected chi connectivity index (χ0v) is 11.9. The number of rotatable bonds is 4. The standard InChI is InChI=1S/C14H18N4O2/c1-9-4-12(6-16-5-9)8-20-13(19)7-18-11(3)14(15)10(2)17-18/h4-6H,7-8,15H2,1-3H3. The minimum absolute atomic E-state index is 0.0586. The number of hydrogen-bond acceptors (Lipinski definition) is 5. The summed E-state index contributed by atoms with van der Waals surface area (Å²) in [7, 11) is 0. The van der Waals surface area contributed by atoms with Gasteiger partial charge < -0.3 is 10.5 Å². The van der Waals surface area contributed by atoms with E-state index in [1.807, 2.05) is 26.8 Å². The Morgan fingerprint density at radius 1 is 1.35 bits per heavy atom. The number of nitrogens with two attached hydrogens (primary N) is 1. The fourth-order valence-corrected chi connectivity index (χ4v) is 1.89. The van der Waals surface area contributed by atoms with Crippen LogP contribution in [0.4, 0.5) is 5.69 Å². The van der Waals surface area contributed by atoms with Gasteiger partial charge in [0, 0.05) is 18.0 Å². The molecular formula is C14H18N4O2. The number of carbonyl (C=O) groups excluding carboxylic acids is 1. The number of nitrogens with zero attached hydrogens (tertiary/aromatic N) is 3. The molecule has 0 saturated carbocycles. The second-order valence-electron chi connectivity index (χ2n) is 4.77. The van der Waals surface area contributed by atoms with Crippen LogP contribution < -0.4 is 5.73 Å². The maximum atomic E-state index is 11.8. The SMILES string of the molecule is Cc1cncc(COC(=O)Cn2nc(C)c(N)c2C)c1. The lowest BCUT2D eigenvalue weighted by Crippen LogP contribution is -2.15. The van der Waals surface area contributed by atoms with Gasteiger partial charge in [-0.2, -0.15) is 5.10 Å². The van der Waals surface area contributed by atoms with Crippen molar-refractivity contribution in [3.05, 3.63) is 41.0 Å². The molecule has 2 N–H and O–H groups in total. The molecule has 0 bridgehead atoms. The van der Waals surface area contributed by atoms with E-state index in [0.717, 1.165) is 22.5 Å². The molecule has 2 heterocycles. The molecule has 2 aromatic heterocycles. The molecule has 0 unspecified atom stereocenters. The Hall–Kier alpha value is -2.37. The number of ether oxygens (including phenoxy) is 1. The number of carbonyl (C=O) groups is 1. The van der Waals surface area contributed by atoms with Gasteiger partial charge in [0.2, 0.25) is 0 Å². The summed E-state index contributed by atoms with van der Waals surface area (Å²) < 4.78 is 6.77. The molecule has 0 aliphatic rings. The second-order valence-corrected chi connectivity index (χ2v) is 4.77. The molecule has 6 nitrogen and oxygen atoms in total. The Morgan fingerprint density at radius 2 is 2.10 bits per heavy atom. The van der Waals surface area contributed by atoms with Crippen molar-refractivity contribution < 1.29 is 9.53 Å². The lowest BCUT2D eigenvalue weighted by molar-refractivity contribution is -0.145. The van der Waals surface area contributed by atoms with E-state index >= 15 is 0 Å². The Morgan fingerprint density at radius 3 is 2.70 bits per heavy atom. The van der Waals surface area contributed by atoms with Crippen LogP contribution in [0.1, 0.15) is 22.5 Å². The smallest absolute Gasteiger partial charge is 0.328 e. The largest absolute Gasteiger partial charge is 0.459 e. The third-order valence-electron chi connectivity index (χ3n) is 3.05. The summed E-state index contributed by atoms with van der Waals surface area (Å²) >= 11 is 0. The van der Waals surface area contributed by atoms with Crippen molar-refractivity contribution >= 4 is 11.7 Å². The Kier molecular flexibility index (Phi) is 4.02. The van der Waals surface area contributed by atoms with Crippen molar-refractivity contribution in [2.24, 2.45) is 0 Å². The van der Waals surface area contributed by atoms with Crippen molar-refractivity contribution in [2.75, 3.05) is 5.73 Å². The van der Waals surface area contributed by atoms with Crippen LogP contribution in [0.2, 0.25) is 0 Å². The van der Waals surface area contributed by atoms with Gasteiger partial charge in [-0.15, -0.1) is 0 Å². The highest BCUT2D eigenvalue weighted by atomic mass is 16.5. The summed E-state index contributed by atoms with van der Waals surface area (Å²) in [6, 6.07) is 1.93. The van der Waals surface area contributed by atoms with E-state index < -0.39 is 0 Å². The molecule has 6 heteroatoms. The predicted octanol–water partition coefficient (Wildman–Crippen LogP) is 1.53. The van der Waals surface area contributed by atoms with E-state index in [9.17, 15) is 4.79 Å². The van der Waals surface area contributed by atoms with Crippen molar-refractivity contribution in [3.63, 3.8) is 0 Å². The summed E-state index contributed by atoms with van der Waals surface area (Å²) in [5, 5.41) is 4.20. The molecule has 0 amide bonds. The molecule has 0 aliphatic carbocycles. The molecule has 106 valence electrons. The Bertz CT molecular complexity index is 634. The molecule has 20 heavy (non-hydrogen) atoms. The van der Waals surface area contributed by atoms with Crippen molar-refractivity contribution in [1.29, 1.82) is 0 Å². The summed E-state index contributed by atoms with van der Waals surface area (Å²) in [4.78, 5) is 15.8. The van der Waals surface area contributed by atoms with Crippen molar-refractivity contribution in [3.8, 4) is 0 Å². The van der Waals surface area contributed by atoms with Gasteiger partial charge in [0.15, 0.2) is 0 Å². The fraction of sp³-hybridized carbons (Fsp3) is 0.357. The van der Waals surface area contributed by atoms with E-state index in [1.54, 1.807) is 17.1 Å². The lowest BCUT2D eigenvalue weighted by atomic mass is 10.2. The fourth-order valence-electron chi connectivity index (χ4n) is 1.89. The first-order valence-electron chi connectivity index (χ1n) is 6.33. The highest BCUT2D eigenvalue weighted by Crippen LogP contribution is 2.14. The van der Waals surface area contributed by atoms with Crippen LogP contribution in [-0.4, -0.2) is 20.7 Å². The van der Waals surface area contributed by atoms with E-state index in [2.05, 4.69) is 10.1 Å². The van der Waals surface area contributed by atoms with Gasteiger partial charge in [0.05, 0.1) is 17.1 Å². The van der Waals surface area contributed by atoms with Gasteiger partial charge >= 0.3 is 5.97 Å². The highest BCUT2D eigenvalue weighted by molar-refractivity contribution is 5.69. The summed E-state index contributed by atoms with van der Waals surface area (Å²) in [5.74, 6) is -0.350. The monoisotopic (exact) mass is 274 g/mol. The molecule has 0 saturated heterocycles. The van der Waals surface area contributed by atoms with Crippen LogP contribution in [0, 0.1) is 20.8 Å². The number of hydrogen-bond donors (Lipinski definition) is 1. The van der Waals surface area contributed by atoms with Crippen LogP contribution >= 0.6 is 0 Å². The van der Waals surface area contributed by atoms with Crippen molar-refractivity contribution in [2.45, 2.75) is 33.9 Å². The molecular weight excluding hydrogens is 256 g/mol. The molecule has 0 atom stereocenters. The van der Waals surface area contributed by atoms with Crippen LogP contribution in [-0.2, 0) is 22.7 Å². The average Bonchev–Trinajstić information content (AvgIpc) is 2.64. The minimum Gasteiger partial charge on any atom is -0.459 e. The zero-order chi connectivity index (χ0) is 14.7. The van der Waals surface area contributed by atoms with Gasteiger partial charge in [-0.05, 0) is 32.4 Å². The van der Waals surface area contributed by atoms with Gasteiger partial charge in [-0.1, -0.05) is 0 Å². The summed E-state index contributed by atoms with van der Waals surface area (Å²) in [6.07, 6.45) is 3.44. The van der Waals surface area contributed by atoms with Gasteiger partial charge in [0.1, 0.15) is 13.2 Å². The first-order chi connectivity index (χ1) is 9.47. The maximum Gasteiger partial charge on any atom is 0.328 e. The number of aryl methyl sites for hydroxylation is 2. The third-order valence-corrected chi connectivity index (χ3v) is 3.05. The molecule has 0 aliphatic heterocycles. The summed E-state index contributed by atoms with van der Waals surface area (Å²) in [6.45, 7) is 5.85. The van der Waals surface area contributed by atoms with Gasteiger partial charge in [-0.25, -0.2) is 0 Å². The van der Waals surface area contributed by atoms with Crippen molar-refractivity contribution in [1.82, 2.24) is 14.8 Å². The summed E-state index contributed by atoms with van der Waals surface area (Å²) in [5.41, 5.74) is 9.82. The highest BCUT2D eigenvalue weighted by Gasteiger charge is 2.12. The van der Waals surface area contributed by atoms with E-state index in [1.165, 1.54) is 0 Å². The molecule has 0 fully saturated rings. The van der Waals surface area contributed by atoms with Gasteiger partial charge in [0.25, 0.3) is 0 Å². The molecule has 0 radical (unpaired) electrons. The Balaban J connectivity index is 1.94. The quantitative estimate of drug-likeness (QED) is 0.855. The first kappa shape index (κ1) is 14.0. The van der Waals surface area contributed by atoms with Crippen LogP contribution in [0.25, 0.3) is 0 Å². The number of anilines is 1. The van der Waals surface area contributed by atoms with Crippen LogP contribution in [0.3, 0.4) is 0 Å². The molecule has 0 aromatic carbocycles. The third kappa shape index (κ3) is 3.14. The minimum atomic E-state index is -0.350. The molecule has 2 rings (SSSR count). The Labute approximate surface area is 117 Å². The first-order valence-corrected chi connectivity index (χ1v) is 6.33. The molecule has 0 spiro atoms. The maximum absolute atomic E-state index is 11.8. The van der Waals surface area contributed by atoms with E-state index in [-0.39, 0.29) is 19.1 Å². The second kappa shape index (κ2) is 5.73. The topological polar surface area (TPSA) is 83.0 Å². The van der Waals surface area contributed by atoms with E-state index in [0.29, 0.717) is 5.69 Å². The zero-order valence-electron chi connectivity index (χ0n) is 11.9. The van der Waals surface area contributed by atoms with Gasteiger partial charge in [-0.3, -0.25) is 14.5 Å². The average molecular weight is 274 g/mol. The predicted molar refractivity (Wildman–Crippen MR) is 74.9 cm³/mol. The number of esters is 1. The van der Waals surface area contributed by atoms with Crippen LogP contribution in [0.5, 0.6) is 0 Å². The van der Waals surface area contributed by atoms with Crippen LogP contribution in [0.15, 0.2) is 18.5 Å². The normalized spacial score (nSPS) is 10.6. The lowest BCUT2D eigenvalue weighted by Gasteiger charge is -2.06. The van der Waals surface area contributed by atoms with E-state index in [4.69, 9.17) is 10.5 Å². The number of aromatic nitrogens is 3. The number of pyridine rings is 1. The molecule has 2 aromatic rings. The number of nitrogen functional groups attached to an aromatic ring is 1.